The second-order valence-corrected chi connectivity index (χ2v) is 15.7. The van der Waals surface area contributed by atoms with Gasteiger partial charge in [0.25, 0.3) is 5.91 Å². The Morgan fingerprint density at radius 2 is 1.55 bits per heavy atom. The van der Waals surface area contributed by atoms with Crippen molar-refractivity contribution in [3.8, 4) is 11.5 Å². The number of aromatic hydroxyl groups is 1. The summed E-state index contributed by atoms with van der Waals surface area (Å²) in [6.45, 7) is 7.50. The molecular weight excluding hydrogens is 689 g/mol. The number of rotatable bonds is 12. The largest absolute Gasteiger partial charge is 0.508 e. The van der Waals surface area contributed by atoms with Crippen molar-refractivity contribution in [3.05, 3.63) is 130 Å². The quantitative estimate of drug-likeness (QED) is 0.128. The Morgan fingerprint density at radius 3 is 2.35 bits per heavy atom. The third-order valence-electron chi connectivity index (χ3n) is 12.2. The molecule has 55 heavy (non-hydrogen) atoms. The molecule has 2 fully saturated rings. The minimum Gasteiger partial charge on any atom is -0.508 e. The summed E-state index contributed by atoms with van der Waals surface area (Å²) in [5.74, 6) is 1.11. The van der Waals surface area contributed by atoms with E-state index in [1.807, 2.05) is 18.2 Å². The number of hydrogen-bond donors (Lipinski definition) is 2. The van der Waals surface area contributed by atoms with Gasteiger partial charge in [-0.1, -0.05) is 60.7 Å². The number of amides is 3. The Bertz CT molecular complexity index is 2000. The van der Waals surface area contributed by atoms with E-state index in [2.05, 4.69) is 87.9 Å². The minimum absolute atomic E-state index is 0.119. The van der Waals surface area contributed by atoms with E-state index in [0.717, 1.165) is 89.1 Å². The van der Waals surface area contributed by atoms with Crippen LogP contribution in [0.15, 0.2) is 91.0 Å². The lowest BCUT2D eigenvalue weighted by atomic mass is 9.69. The molecule has 0 aromatic heterocycles. The van der Waals surface area contributed by atoms with Crippen molar-refractivity contribution < 1.29 is 24.2 Å². The molecule has 9 heteroatoms. The highest BCUT2D eigenvalue weighted by atomic mass is 16.5. The smallest absolute Gasteiger partial charge is 0.255 e. The van der Waals surface area contributed by atoms with Crippen molar-refractivity contribution in [2.24, 2.45) is 0 Å². The lowest BCUT2D eigenvalue weighted by Crippen LogP contribution is -2.52. The standard InChI is InChI=1S/C46H52N4O5/c51-37-13-18-40-35(30-37)12-17-39(33-7-2-1-3-8-33)44(40)34-10-14-38(15-11-34)55-28-5-4-22-48-23-6-24-49(27-26-48)25-21-32-9-16-41-36(29-32)31-50(46(41)54)42-19-20-43(52)47-45(42)53/h1-3,7-11,13-16,18,29-30,39,42,44,51H,4-6,12,17,19-28,31H2,(H,47,52,53)/t39-,42+,44+/m1/s1. The maximum atomic E-state index is 13.1. The Hall–Kier alpha value is -4.99. The molecule has 286 valence electrons. The number of ether oxygens (including phenoxy) is 1. The first-order chi connectivity index (χ1) is 26.9. The number of phenols is 1. The van der Waals surface area contributed by atoms with Crippen LogP contribution in [-0.2, 0) is 29.0 Å². The van der Waals surface area contributed by atoms with Gasteiger partial charge >= 0.3 is 0 Å². The number of piperidine rings is 1. The Morgan fingerprint density at radius 1 is 0.745 bits per heavy atom. The van der Waals surface area contributed by atoms with Crippen molar-refractivity contribution in [3.63, 3.8) is 0 Å². The number of nitrogens with one attached hydrogen (secondary N) is 1. The van der Waals surface area contributed by atoms with E-state index < -0.39 is 6.04 Å². The number of imide groups is 1. The number of carbonyl (C=O) groups is 3. The van der Waals surface area contributed by atoms with E-state index in [1.165, 1.54) is 27.8 Å². The zero-order chi connectivity index (χ0) is 37.7. The van der Waals surface area contributed by atoms with Crippen LogP contribution >= 0.6 is 0 Å². The summed E-state index contributed by atoms with van der Waals surface area (Å²) in [5, 5.41) is 12.5. The van der Waals surface area contributed by atoms with Gasteiger partial charge in [0.1, 0.15) is 17.5 Å². The van der Waals surface area contributed by atoms with Gasteiger partial charge in [-0.2, -0.15) is 0 Å². The number of phenolic OH excluding ortho intramolecular Hbond substituents is 1. The normalized spacial score (nSPS) is 21.9. The second-order valence-electron chi connectivity index (χ2n) is 15.7. The number of carbonyl (C=O) groups excluding carboxylic acids is 3. The van der Waals surface area contributed by atoms with Gasteiger partial charge in [0.15, 0.2) is 0 Å². The van der Waals surface area contributed by atoms with E-state index >= 15 is 0 Å². The predicted molar refractivity (Wildman–Crippen MR) is 212 cm³/mol. The van der Waals surface area contributed by atoms with Gasteiger partial charge in [0.05, 0.1) is 6.61 Å². The van der Waals surface area contributed by atoms with Crippen LogP contribution < -0.4 is 10.1 Å². The number of fused-ring (bicyclic) bond motifs is 2. The second kappa shape index (κ2) is 16.8. The highest BCUT2D eigenvalue weighted by Crippen LogP contribution is 2.47. The molecule has 0 unspecified atom stereocenters. The summed E-state index contributed by atoms with van der Waals surface area (Å²) < 4.78 is 6.22. The fourth-order valence-electron chi connectivity index (χ4n) is 9.22. The average molecular weight is 741 g/mol. The fourth-order valence-corrected chi connectivity index (χ4v) is 9.22. The van der Waals surface area contributed by atoms with Gasteiger partial charge in [-0.25, -0.2) is 0 Å². The Kier molecular flexibility index (Phi) is 11.3. The van der Waals surface area contributed by atoms with Gasteiger partial charge in [0, 0.05) is 44.1 Å². The monoisotopic (exact) mass is 740 g/mol. The Balaban J connectivity index is 0.768. The lowest BCUT2D eigenvalue weighted by Gasteiger charge is -2.34. The van der Waals surface area contributed by atoms with Crippen LogP contribution in [0.5, 0.6) is 11.5 Å². The molecule has 0 spiro atoms. The summed E-state index contributed by atoms with van der Waals surface area (Å²) in [6.07, 6.45) is 6.85. The zero-order valence-electron chi connectivity index (χ0n) is 31.6. The van der Waals surface area contributed by atoms with Gasteiger partial charge in [-0.05, 0) is 134 Å². The van der Waals surface area contributed by atoms with Crippen molar-refractivity contribution in [1.29, 1.82) is 0 Å². The van der Waals surface area contributed by atoms with Gasteiger partial charge in [-0.3, -0.25) is 19.7 Å². The van der Waals surface area contributed by atoms with Crippen LogP contribution in [0.4, 0.5) is 0 Å². The molecule has 9 nitrogen and oxygen atoms in total. The van der Waals surface area contributed by atoms with Crippen LogP contribution in [0.3, 0.4) is 0 Å². The molecule has 0 radical (unpaired) electrons. The summed E-state index contributed by atoms with van der Waals surface area (Å²) >= 11 is 0. The van der Waals surface area contributed by atoms with Crippen molar-refractivity contribution >= 4 is 17.7 Å². The molecule has 3 heterocycles. The molecule has 3 amide bonds. The molecule has 1 aliphatic carbocycles. The molecule has 0 saturated carbocycles. The van der Waals surface area contributed by atoms with E-state index in [4.69, 9.17) is 4.74 Å². The van der Waals surface area contributed by atoms with E-state index in [-0.39, 0.29) is 30.1 Å². The third-order valence-corrected chi connectivity index (χ3v) is 12.2. The average Bonchev–Trinajstić information content (AvgIpc) is 3.35. The predicted octanol–water partition coefficient (Wildman–Crippen LogP) is 6.42. The molecule has 0 bridgehead atoms. The first kappa shape index (κ1) is 37.0. The van der Waals surface area contributed by atoms with Crippen LogP contribution in [-0.4, -0.2) is 89.4 Å². The molecular formula is C46H52N4O5. The van der Waals surface area contributed by atoms with Crippen LogP contribution in [0.25, 0.3) is 0 Å². The van der Waals surface area contributed by atoms with Gasteiger partial charge in [0.2, 0.25) is 11.8 Å². The Labute approximate surface area is 324 Å². The highest BCUT2D eigenvalue weighted by molar-refractivity contribution is 6.05. The molecule has 2 saturated heterocycles. The van der Waals surface area contributed by atoms with Crippen molar-refractivity contribution in [2.75, 3.05) is 45.9 Å². The van der Waals surface area contributed by atoms with Gasteiger partial charge < -0.3 is 24.5 Å². The summed E-state index contributed by atoms with van der Waals surface area (Å²) in [6, 6.07) is 30.9. The van der Waals surface area contributed by atoms with E-state index in [0.29, 0.717) is 36.8 Å². The zero-order valence-corrected chi connectivity index (χ0v) is 31.6. The number of benzene rings is 4. The van der Waals surface area contributed by atoms with Crippen LogP contribution in [0, 0.1) is 0 Å². The first-order valence-corrected chi connectivity index (χ1v) is 20.2. The number of hydrogen-bond acceptors (Lipinski definition) is 7. The molecule has 2 N–H and O–H groups in total. The van der Waals surface area contributed by atoms with Crippen LogP contribution in [0.1, 0.15) is 94.1 Å². The van der Waals surface area contributed by atoms with Crippen molar-refractivity contribution in [2.45, 2.75) is 75.8 Å². The molecule has 3 atom stereocenters. The van der Waals surface area contributed by atoms with E-state index in [9.17, 15) is 19.5 Å². The summed E-state index contributed by atoms with van der Waals surface area (Å²) in [5.41, 5.74) is 8.05. The number of aryl methyl sites for hydroxylation is 1. The topological polar surface area (TPSA) is 102 Å². The van der Waals surface area contributed by atoms with Crippen LogP contribution in [0.2, 0.25) is 0 Å². The first-order valence-electron chi connectivity index (χ1n) is 20.2. The number of unbranched alkanes of at least 4 members (excludes halogenated alkanes) is 1. The maximum Gasteiger partial charge on any atom is 0.255 e. The molecule has 4 aromatic carbocycles. The summed E-state index contributed by atoms with van der Waals surface area (Å²) in [4.78, 5) is 43.8. The van der Waals surface area contributed by atoms with Gasteiger partial charge in [-0.15, -0.1) is 0 Å². The number of nitrogens with zero attached hydrogens (tertiary/aromatic N) is 3. The fraction of sp³-hybridized carbons (Fsp3) is 0.413. The lowest BCUT2D eigenvalue weighted by molar-refractivity contribution is -0.136. The summed E-state index contributed by atoms with van der Waals surface area (Å²) in [7, 11) is 0. The van der Waals surface area contributed by atoms with E-state index in [1.54, 1.807) is 4.90 Å². The SMILES string of the molecule is O=C1CC[C@H](N2Cc3cc(CCN4CCCN(CCCCOc5ccc([C@@H]6c7ccc(O)cc7CC[C@@H]6c6ccccc6)cc5)CC4)ccc3C2=O)C(=O)N1. The molecule has 8 rings (SSSR count). The van der Waals surface area contributed by atoms with Crippen molar-refractivity contribution in [1.82, 2.24) is 20.0 Å². The molecule has 3 aliphatic heterocycles. The highest BCUT2D eigenvalue weighted by Gasteiger charge is 2.39. The molecule has 4 aliphatic rings. The maximum absolute atomic E-state index is 13.1. The minimum atomic E-state index is -0.579. The third kappa shape index (κ3) is 8.48. The molecule has 4 aromatic rings.